The van der Waals surface area contributed by atoms with Gasteiger partial charge in [-0.3, -0.25) is 27.9 Å². The lowest BCUT2D eigenvalue weighted by Crippen LogP contribution is -2.56. The van der Waals surface area contributed by atoms with Crippen molar-refractivity contribution in [2.24, 2.45) is 0 Å². The number of aromatic amines is 1. The van der Waals surface area contributed by atoms with E-state index in [1.807, 2.05) is 4.98 Å². The van der Waals surface area contributed by atoms with Crippen LogP contribution in [0.1, 0.15) is 20.1 Å². The SMILES string of the molecule is CC(C)OP1(=O)OC[C@]2(C(F)F)O[C@H](n3ccc(=O)[nH]c3=O)[C@@H](O)[C@H]2O1. The van der Waals surface area contributed by atoms with Gasteiger partial charge in [-0.15, -0.1) is 0 Å². The predicted molar refractivity (Wildman–Crippen MR) is 80.8 cm³/mol. The Morgan fingerprint density at radius 2 is 2.15 bits per heavy atom. The van der Waals surface area contributed by atoms with Gasteiger partial charge in [-0.05, 0) is 13.8 Å². The van der Waals surface area contributed by atoms with Crippen LogP contribution in [0.15, 0.2) is 21.9 Å². The van der Waals surface area contributed by atoms with E-state index in [2.05, 4.69) is 0 Å². The summed E-state index contributed by atoms with van der Waals surface area (Å²) in [6.45, 7) is 2.18. The molecule has 2 saturated heterocycles. The minimum Gasteiger partial charge on any atom is -0.386 e. The number of rotatable bonds is 4. The molecule has 146 valence electrons. The Kier molecular flexibility index (Phi) is 4.93. The summed E-state index contributed by atoms with van der Waals surface area (Å²) in [6, 6.07) is 0.957. The van der Waals surface area contributed by atoms with Crippen molar-refractivity contribution >= 4 is 7.82 Å². The van der Waals surface area contributed by atoms with Crippen molar-refractivity contribution < 1.29 is 36.8 Å². The van der Waals surface area contributed by atoms with Gasteiger partial charge in [0.2, 0.25) is 0 Å². The van der Waals surface area contributed by atoms with E-state index in [-0.39, 0.29) is 0 Å². The zero-order valence-corrected chi connectivity index (χ0v) is 14.6. The van der Waals surface area contributed by atoms with Gasteiger partial charge < -0.3 is 9.84 Å². The summed E-state index contributed by atoms with van der Waals surface area (Å²) in [5.74, 6) is 0. The van der Waals surface area contributed by atoms with E-state index in [0.29, 0.717) is 0 Å². The number of aliphatic hydroxyl groups excluding tert-OH is 1. The molecular weight excluding hydrogens is 381 g/mol. The van der Waals surface area contributed by atoms with Crippen LogP contribution in [0.2, 0.25) is 0 Å². The lowest BCUT2D eigenvalue weighted by molar-refractivity contribution is -0.208. The fourth-order valence-corrected chi connectivity index (χ4v) is 4.45. The largest absolute Gasteiger partial charge is 0.475 e. The summed E-state index contributed by atoms with van der Waals surface area (Å²) in [6.07, 6.45) is -8.02. The zero-order valence-electron chi connectivity index (χ0n) is 13.7. The molecule has 2 N–H and O–H groups in total. The van der Waals surface area contributed by atoms with Gasteiger partial charge in [0.05, 0.1) is 12.7 Å². The van der Waals surface area contributed by atoms with Crippen molar-refractivity contribution in [3.63, 3.8) is 0 Å². The highest BCUT2D eigenvalue weighted by Crippen LogP contribution is 2.61. The smallest absolute Gasteiger partial charge is 0.386 e. The number of phosphoric acid groups is 1. The predicted octanol–water partition coefficient (Wildman–Crippen LogP) is 0.379. The van der Waals surface area contributed by atoms with Gasteiger partial charge in [-0.2, -0.15) is 0 Å². The Morgan fingerprint density at radius 1 is 1.46 bits per heavy atom. The van der Waals surface area contributed by atoms with Crippen molar-refractivity contribution in [3.8, 4) is 0 Å². The van der Waals surface area contributed by atoms with Crippen molar-refractivity contribution in [2.45, 2.75) is 50.4 Å². The highest BCUT2D eigenvalue weighted by atomic mass is 31.2. The topological polar surface area (TPSA) is 129 Å². The molecule has 3 rings (SSSR count). The van der Waals surface area contributed by atoms with Crippen molar-refractivity contribution in [3.05, 3.63) is 33.1 Å². The van der Waals surface area contributed by atoms with Gasteiger partial charge >= 0.3 is 13.5 Å². The van der Waals surface area contributed by atoms with Crippen LogP contribution in [0.5, 0.6) is 0 Å². The molecule has 0 saturated carbocycles. The second kappa shape index (κ2) is 6.63. The van der Waals surface area contributed by atoms with E-state index in [1.165, 1.54) is 13.8 Å². The number of H-pyrrole nitrogens is 1. The first-order valence-corrected chi connectivity index (χ1v) is 9.11. The molecule has 1 aromatic heterocycles. The Labute approximate surface area is 145 Å². The average Bonchev–Trinajstić information content (AvgIpc) is 2.80. The zero-order chi connectivity index (χ0) is 19.3. The first kappa shape index (κ1) is 19.3. The molecule has 1 unspecified atom stereocenters. The molecule has 10 nitrogen and oxygen atoms in total. The van der Waals surface area contributed by atoms with Crippen molar-refractivity contribution in [1.82, 2.24) is 9.55 Å². The van der Waals surface area contributed by atoms with Crippen LogP contribution < -0.4 is 11.2 Å². The summed E-state index contributed by atoms with van der Waals surface area (Å²) in [7, 11) is -4.22. The quantitative estimate of drug-likeness (QED) is 0.697. The molecule has 0 aromatic carbocycles. The fraction of sp³-hybridized carbons (Fsp3) is 0.692. The minimum atomic E-state index is -4.22. The van der Waals surface area contributed by atoms with Gasteiger partial charge in [0.15, 0.2) is 11.8 Å². The number of nitrogens with one attached hydrogen (secondary N) is 1. The first-order chi connectivity index (χ1) is 12.1. The molecular formula is C13H17F2N2O8P. The number of ether oxygens (including phenoxy) is 1. The van der Waals surface area contributed by atoms with E-state index < -0.39 is 62.2 Å². The highest BCUT2D eigenvalue weighted by molar-refractivity contribution is 7.48. The third kappa shape index (κ3) is 3.17. The maximum absolute atomic E-state index is 13.7. The summed E-state index contributed by atoms with van der Waals surface area (Å²) in [5.41, 5.74) is -4.16. The summed E-state index contributed by atoms with van der Waals surface area (Å²) < 4.78 is 60.9. The molecule has 13 heteroatoms. The van der Waals surface area contributed by atoms with Crippen LogP contribution >= 0.6 is 7.82 Å². The summed E-state index contributed by atoms with van der Waals surface area (Å²) >= 11 is 0. The average molecular weight is 398 g/mol. The molecule has 3 heterocycles. The molecule has 2 aliphatic heterocycles. The Morgan fingerprint density at radius 3 is 2.73 bits per heavy atom. The second-order valence-corrected chi connectivity index (χ2v) is 7.75. The molecule has 1 aromatic rings. The van der Waals surface area contributed by atoms with Crippen LogP contribution in [-0.2, 0) is 22.9 Å². The first-order valence-electron chi connectivity index (χ1n) is 7.65. The van der Waals surface area contributed by atoms with Gasteiger partial charge in [0.1, 0.15) is 12.2 Å². The van der Waals surface area contributed by atoms with Gasteiger partial charge in [-0.1, -0.05) is 0 Å². The Balaban J connectivity index is 1.99. The molecule has 5 atom stereocenters. The van der Waals surface area contributed by atoms with Crippen LogP contribution in [-0.4, -0.2) is 51.6 Å². The van der Waals surface area contributed by atoms with E-state index in [9.17, 15) is 28.0 Å². The number of fused-ring (bicyclic) bond motifs is 1. The maximum Gasteiger partial charge on any atom is 0.475 e. The van der Waals surface area contributed by atoms with E-state index in [0.717, 1.165) is 16.8 Å². The highest BCUT2D eigenvalue weighted by Gasteiger charge is 2.67. The molecule has 0 amide bonds. The Bertz CT molecular complexity index is 842. The summed E-state index contributed by atoms with van der Waals surface area (Å²) in [4.78, 5) is 25.0. The standard InChI is InChI=1S/C13H17F2N2O8P/c1-6(2)24-26(21)22-5-13(11(14)15)9(25-26)8(19)10(23-13)17-4-3-7(18)16-12(17)20/h3-4,6,8-11,19H,5H2,1-2H3,(H,16,18,20)/t8-,9+,10-,13-,26?/m0/s1. The summed E-state index contributed by atoms with van der Waals surface area (Å²) in [5, 5.41) is 10.4. The number of nitrogens with zero attached hydrogens (tertiary/aromatic N) is 1. The van der Waals surface area contributed by atoms with Crippen molar-refractivity contribution in [2.75, 3.05) is 6.61 Å². The van der Waals surface area contributed by atoms with Crippen LogP contribution in [0.25, 0.3) is 0 Å². The van der Waals surface area contributed by atoms with E-state index in [4.69, 9.17) is 18.3 Å². The molecule has 0 radical (unpaired) electrons. The van der Waals surface area contributed by atoms with Crippen LogP contribution in [0.4, 0.5) is 8.78 Å². The fourth-order valence-electron chi connectivity index (χ4n) is 2.82. The molecule has 0 spiro atoms. The number of halogens is 2. The normalized spacial score (nSPS) is 37.3. The van der Waals surface area contributed by atoms with Gasteiger partial charge in [0, 0.05) is 12.3 Å². The van der Waals surface area contributed by atoms with Crippen molar-refractivity contribution in [1.29, 1.82) is 0 Å². The third-order valence-electron chi connectivity index (χ3n) is 3.95. The second-order valence-electron chi connectivity index (χ2n) is 6.17. The maximum atomic E-state index is 13.7. The van der Waals surface area contributed by atoms with Gasteiger partial charge in [-0.25, -0.2) is 18.1 Å². The molecule has 26 heavy (non-hydrogen) atoms. The number of aliphatic hydroxyl groups is 1. The number of phosphoric ester groups is 1. The molecule has 0 aliphatic carbocycles. The number of hydrogen-bond donors (Lipinski definition) is 2. The molecule has 2 aliphatic rings. The van der Waals surface area contributed by atoms with Crippen LogP contribution in [0.3, 0.4) is 0 Å². The van der Waals surface area contributed by atoms with E-state index in [1.54, 1.807) is 0 Å². The number of aromatic nitrogens is 2. The van der Waals surface area contributed by atoms with Gasteiger partial charge in [0.25, 0.3) is 12.0 Å². The third-order valence-corrected chi connectivity index (χ3v) is 5.56. The lowest BCUT2D eigenvalue weighted by atomic mass is 9.96. The molecule has 2 fully saturated rings. The number of hydrogen-bond acceptors (Lipinski definition) is 8. The number of alkyl halides is 2. The monoisotopic (exact) mass is 398 g/mol. The van der Waals surface area contributed by atoms with Crippen LogP contribution in [0, 0.1) is 0 Å². The minimum absolute atomic E-state index is 0.600. The molecule has 0 bridgehead atoms. The Hall–Kier alpha value is -1.43. The lowest BCUT2D eigenvalue weighted by Gasteiger charge is -2.39. The van der Waals surface area contributed by atoms with E-state index >= 15 is 0 Å².